The molecule has 134 valence electrons. The van der Waals surface area contributed by atoms with Crippen LogP contribution in [0.1, 0.15) is 12.5 Å². The van der Waals surface area contributed by atoms with Gasteiger partial charge in [0, 0.05) is 17.5 Å². The first-order chi connectivity index (χ1) is 13.0. The summed E-state index contributed by atoms with van der Waals surface area (Å²) in [6.45, 7) is 1.34. The van der Waals surface area contributed by atoms with E-state index in [4.69, 9.17) is 16.3 Å². The van der Waals surface area contributed by atoms with Crippen LogP contribution in [0, 0.1) is 0 Å². The van der Waals surface area contributed by atoms with Gasteiger partial charge in [-0.1, -0.05) is 35.1 Å². The average molecular weight is 398 g/mol. The summed E-state index contributed by atoms with van der Waals surface area (Å²) in [5.41, 5.74) is 1.28. The Morgan fingerprint density at radius 1 is 1.22 bits per heavy atom. The highest BCUT2D eigenvalue weighted by atomic mass is 35.5. The van der Waals surface area contributed by atoms with Gasteiger partial charge in [-0.3, -0.25) is 9.59 Å². The fraction of sp³-hybridized carbons (Fsp3) is 0.0526. The molecule has 2 aromatic carbocycles. The molecule has 0 bridgehead atoms. The Bertz CT molecular complexity index is 1260. The maximum atomic E-state index is 12.6. The number of benzene rings is 2. The molecule has 0 radical (unpaired) electrons. The number of halogens is 1. The minimum absolute atomic E-state index is 0.249. The number of thiazole rings is 1. The molecule has 0 N–H and O–H groups in total. The number of fused-ring (bicyclic) bond motifs is 1. The average Bonchev–Trinajstić information content (AvgIpc) is 3.16. The molecule has 4 aromatic rings. The van der Waals surface area contributed by atoms with Gasteiger partial charge in [-0.2, -0.15) is 9.50 Å². The van der Waals surface area contributed by atoms with Crippen molar-refractivity contribution in [2.24, 2.45) is 0 Å². The van der Waals surface area contributed by atoms with Crippen LogP contribution >= 0.6 is 22.9 Å². The monoisotopic (exact) mass is 397 g/mol. The lowest BCUT2D eigenvalue weighted by Gasteiger charge is -2.01. The van der Waals surface area contributed by atoms with Crippen LogP contribution < -0.4 is 14.8 Å². The molecular weight excluding hydrogens is 386 g/mol. The fourth-order valence-electron chi connectivity index (χ4n) is 2.54. The smallest absolute Gasteiger partial charge is 0.308 e. The molecule has 27 heavy (non-hydrogen) atoms. The van der Waals surface area contributed by atoms with Crippen molar-refractivity contribution in [3.63, 3.8) is 0 Å². The maximum Gasteiger partial charge on any atom is 0.308 e. The predicted molar refractivity (Wildman–Crippen MR) is 104 cm³/mol. The lowest BCUT2D eigenvalue weighted by atomic mass is 10.2. The molecule has 0 fully saturated rings. The third kappa shape index (κ3) is 3.60. The number of carbonyl (C=O) groups is 1. The van der Waals surface area contributed by atoms with Crippen LogP contribution in [-0.4, -0.2) is 20.6 Å². The third-order valence-corrected chi connectivity index (χ3v) is 4.91. The second-order valence-electron chi connectivity index (χ2n) is 5.72. The molecule has 2 aromatic heterocycles. The van der Waals surface area contributed by atoms with Gasteiger partial charge in [-0.25, -0.2) is 0 Å². The Kier molecular flexibility index (Phi) is 4.47. The molecular formula is C19H12ClN3O3S. The molecule has 0 unspecified atom stereocenters. The van der Waals surface area contributed by atoms with Gasteiger partial charge in [0.05, 0.1) is 4.53 Å². The van der Waals surface area contributed by atoms with Gasteiger partial charge in [0.1, 0.15) is 5.75 Å². The molecule has 6 nitrogen and oxygen atoms in total. The third-order valence-electron chi connectivity index (χ3n) is 3.70. The van der Waals surface area contributed by atoms with Crippen molar-refractivity contribution in [3.05, 3.63) is 74.0 Å². The van der Waals surface area contributed by atoms with Crippen LogP contribution in [0.15, 0.2) is 53.3 Å². The van der Waals surface area contributed by atoms with Crippen LogP contribution in [0.4, 0.5) is 0 Å². The van der Waals surface area contributed by atoms with Crippen LogP contribution in [0.2, 0.25) is 5.02 Å². The topological polar surface area (TPSA) is 73.6 Å². The van der Waals surface area contributed by atoms with Crippen LogP contribution in [0.3, 0.4) is 0 Å². The highest BCUT2D eigenvalue weighted by Crippen LogP contribution is 2.19. The Labute approximate surface area is 162 Å². The quantitative estimate of drug-likeness (QED) is 0.392. The van der Waals surface area contributed by atoms with E-state index >= 15 is 0 Å². The first-order valence-electron chi connectivity index (χ1n) is 7.95. The predicted octanol–water partition coefficient (Wildman–Crippen LogP) is 2.94. The van der Waals surface area contributed by atoms with Crippen molar-refractivity contribution < 1.29 is 9.53 Å². The van der Waals surface area contributed by atoms with Crippen molar-refractivity contribution in [1.82, 2.24) is 14.6 Å². The van der Waals surface area contributed by atoms with E-state index in [0.717, 1.165) is 11.1 Å². The second-order valence-corrected chi connectivity index (χ2v) is 7.16. The normalized spacial score (nSPS) is 11.9. The Morgan fingerprint density at radius 3 is 2.70 bits per heavy atom. The summed E-state index contributed by atoms with van der Waals surface area (Å²) in [5.74, 6) is 0.497. The molecule has 0 spiro atoms. The van der Waals surface area contributed by atoms with Crippen LogP contribution in [0.25, 0.3) is 22.4 Å². The summed E-state index contributed by atoms with van der Waals surface area (Å²) in [6, 6.07) is 14.1. The molecule has 0 aliphatic rings. The summed E-state index contributed by atoms with van der Waals surface area (Å²) >= 11 is 7.14. The molecule has 2 heterocycles. The largest absolute Gasteiger partial charge is 0.427 e. The molecule has 0 amide bonds. The van der Waals surface area contributed by atoms with Gasteiger partial charge >= 0.3 is 5.97 Å². The van der Waals surface area contributed by atoms with E-state index in [0.29, 0.717) is 26.1 Å². The van der Waals surface area contributed by atoms with E-state index in [-0.39, 0.29) is 5.56 Å². The number of ether oxygens (including phenoxy) is 1. The minimum Gasteiger partial charge on any atom is -0.427 e. The van der Waals surface area contributed by atoms with Crippen LogP contribution in [-0.2, 0) is 4.79 Å². The van der Waals surface area contributed by atoms with Crippen LogP contribution in [0.5, 0.6) is 5.75 Å². The highest BCUT2D eigenvalue weighted by Gasteiger charge is 2.12. The van der Waals surface area contributed by atoms with Crippen molar-refractivity contribution >= 4 is 39.9 Å². The zero-order valence-electron chi connectivity index (χ0n) is 14.0. The molecule has 0 aliphatic heterocycles. The van der Waals surface area contributed by atoms with Gasteiger partial charge in [0.2, 0.25) is 4.96 Å². The number of rotatable bonds is 3. The summed E-state index contributed by atoms with van der Waals surface area (Å²) in [7, 11) is 0. The van der Waals surface area contributed by atoms with Crippen molar-refractivity contribution in [2.45, 2.75) is 6.92 Å². The Morgan fingerprint density at radius 2 is 2.00 bits per heavy atom. The minimum atomic E-state index is -0.398. The van der Waals surface area contributed by atoms with Crippen molar-refractivity contribution in [2.75, 3.05) is 0 Å². The van der Waals surface area contributed by atoms with Crippen molar-refractivity contribution in [3.8, 4) is 17.1 Å². The van der Waals surface area contributed by atoms with Gasteiger partial charge < -0.3 is 4.74 Å². The fourth-order valence-corrected chi connectivity index (χ4v) is 3.57. The van der Waals surface area contributed by atoms with E-state index in [1.807, 2.05) is 6.07 Å². The lowest BCUT2D eigenvalue weighted by molar-refractivity contribution is -0.131. The summed E-state index contributed by atoms with van der Waals surface area (Å²) < 4.78 is 6.85. The first-order valence-corrected chi connectivity index (χ1v) is 9.15. The van der Waals surface area contributed by atoms with Crippen molar-refractivity contribution in [1.29, 1.82) is 0 Å². The zero-order valence-corrected chi connectivity index (χ0v) is 15.6. The zero-order chi connectivity index (χ0) is 19.0. The summed E-state index contributed by atoms with van der Waals surface area (Å²) in [6.07, 6.45) is 1.72. The molecule has 4 rings (SSSR count). The van der Waals surface area contributed by atoms with E-state index in [2.05, 4.69) is 10.1 Å². The van der Waals surface area contributed by atoms with Gasteiger partial charge in [-0.15, -0.1) is 5.10 Å². The first kappa shape index (κ1) is 17.4. The number of esters is 1. The van der Waals surface area contributed by atoms with E-state index in [1.54, 1.807) is 48.5 Å². The number of hydrogen-bond donors (Lipinski definition) is 0. The van der Waals surface area contributed by atoms with Gasteiger partial charge in [0.15, 0.2) is 5.82 Å². The van der Waals surface area contributed by atoms with E-state index in [1.165, 1.54) is 22.8 Å². The molecule has 0 atom stereocenters. The van der Waals surface area contributed by atoms with Gasteiger partial charge in [0.25, 0.3) is 5.56 Å². The number of aromatic nitrogens is 3. The number of hydrogen-bond acceptors (Lipinski definition) is 6. The molecule has 0 aliphatic carbocycles. The Balaban J connectivity index is 1.73. The van der Waals surface area contributed by atoms with E-state index < -0.39 is 5.97 Å². The summed E-state index contributed by atoms with van der Waals surface area (Å²) in [5, 5.41) is 4.92. The lowest BCUT2D eigenvalue weighted by Crippen LogP contribution is -2.23. The SMILES string of the molecule is CC(=O)Oc1cccc(/C=c2/sc3nc(-c4ccc(Cl)cc4)nn3c2=O)c1. The second kappa shape index (κ2) is 6.94. The highest BCUT2D eigenvalue weighted by molar-refractivity contribution is 7.15. The summed E-state index contributed by atoms with van der Waals surface area (Å²) in [4.78, 5) is 28.6. The van der Waals surface area contributed by atoms with E-state index in [9.17, 15) is 9.59 Å². The number of nitrogens with zero attached hydrogens (tertiary/aromatic N) is 3. The maximum absolute atomic E-state index is 12.6. The molecule has 0 saturated heterocycles. The van der Waals surface area contributed by atoms with Gasteiger partial charge in [-0.05, 0) is 48.0 Å². The molecule has 8 heteroatoms. The number of carbonyl (C=O) groups excluding carboxylic acids is 1. The molecule has 0 saturated carbocycles. The Hall–Kier alpha value is -3.03. The standard InChI is InChI=1S/C19H12ClN3O3S/c1-11(24)26-15-4-2-3-12(9-15)10-16-18(25)23-19(27-16)21-17(22-23)13-5-7-14(20)8-6-13/h2-10H,1H3/b16-10+.